The van der Waals surface area contributed by atoms with Crippen molar-refractivity contribution in [1.82, 2.24) is 0 Å². The maximum atomic E-state index is 11.9. The third kappa shape index (κ3) is 2.29. The van der Waals surface area contributed by atoms with Gasteiger partial charge in [0, 0.05) is 5.92 Å². The molecule has 82 valence electrons. The molecule has 1 aromatic carbocycles. The first-order chi connectivity index (χ1) is 7.11. The second-order valence-corrected chi connectivity index (χ2v) is 3.56. The first kappa shape index (κ1) is 11.6. The molecule has 0 spiro atoms. The van der Waals surface area contributed by atoms with Crippen LogP contribution in [0.5, 0.6) is 11.5 Å². The predicted molar refractivity (Wildman–Crippen MR) is 58.7 cm³/mol. The largest absolute Gasteiger partial charge is 0.493 e. The lowest BCUT2D eigenvalue weighted by Crippen LogP contribution is -2.09. The molecule has 0 fully saturated rings. The molecular formula is C12H16O3. The summed E-state index contributed by atoms with van der Waals surface area (Å²) in [5.74, 6) is 1.11. The van der Waals surface area contributed by atoms with E-state index < -0.39 is 0 Å². The molecule has 0 N–H and O–H groups in total. The minimum absolute atomic E-state index is 0.0500. The zero-order chi connectivity index (χ0) is 11.4. The maximum Gasteiger partial charge on any atom is 0.171 e. The van der Waals surface area contributed by atoms with E-state index in [4.69, 9.17) is 9.47 Å². The van der Waals surface area contributed by atoms with E-state index in [1.54, 1.807) is 25.3 Å². The van der Waals surface area contributed by atoms with E-state index in [0.29, 0.717) is 17.1 Å². The lowest BCUT2D eigenvalue weighted by Gasteiger charge is -2.12. The summed E-state index contributed by atoms with van der Waals surface area (Å²) in [6.07, 6.45) is 0. The van der Waals surface area contributed by atoms with Crippen LogP contribution in [0.1, 0.15) is 24.2 Å². The zero-order valence-corrected chi connectivity index (χ0v) is 9.53. The zero-order valence-electron chi connectivity index (χ0n) is 9.53. The van der Waals surface area contributed by atoms with Gasteiger partial charge in [-0.3, -0.25) is 4.79 Å². The highest BCUT2D eigenvalue weighted by atomic mass is 16.5. The summed E-state index contributed by atoms with van der Waals surface area (Å²) < 4.78 is 10.3. The van der Waals surface area contributed by atoms with Gasteiger partial charge in [0.05, 0.1) is 19.8 Å². The molecule has 0 saturated heterocycles. The van der Waals surface area contributed by atoms with Crippen molar-refractivity contribution < 1.29 is 14.3 Å². The van der Waals surface area contributed by atoms with Crippen LogP contribution in [0.4, 0.5) is 0 Å². The molecule has 0 radical (unpaired) electrons. The fourth-order valence-corrected chi connectivity index (χ4v) is 1.39. The highest BCUT2D eigenvalue weighted by Gasteiger charge is 2.18. The van der Waals surface area contributed by atoms with Gasteiger partial charge >= 0.3 is 0 Å². The molecule has 0 saturated carbocycles. The van der Waals surface area contributed by atoms with Gasteiger partial charge < -0.3 is 9.47 Å². The van der Waals surface area contributed by atoms with Crippen LogP contribution in [-0.2, 0) is 0 Å². The maximum absolute atomic E-state index is 11.9. The number of para-hydroxylation sites is 1. The van der Waals surface area contributed by atoms with Gasteiger partial charge in [0.1, 0.15) is 0 Å². The Morgan fingerprint density at radius 3 is 2.33 bits per heavy atom. The Labute approximate surface area is 90.0 Å². The number of hydrogen-bond acceptors (Lipinski definition) is 3. The lowest BCUT2D eigenvalue weighted by molar-refractivity contribution is 0.0935. The van der Waals surface area contributed by atoms with Gasteiger partial charge in [-0.1, -0.05) is 19.9 Å². The normalized spacial score (nSPS) is 10.2. The molecule has 0 atom stereocenters. The van der Waals surface area contributed by atoms with Crippen LogP contribution in [0, 0.1) is 5.92 Å². The van der Waals surface area contributed by atoms with Crippen LogP contribution in [0.25, 0.3) is 0 Å². The molecular weight excluding hydrogens is 192 g/mol. The molecule has 1 aromatic rings. The van der Waals surface area contributed by atoms with Crippen LogP contribution in [-0.4, -0.2) is 20.0 Å². The second kappa shape index (κ2) is 4.82. The van der Waals surface area contributed by atoms with Crippen molar-refractivity contribution in [1.29, 1.82) is 0 Å². The molecule has 0 aliphatic heterocycles. The summed E-state index contributed by atoms with van der Waals surface area (Å²) in [7, 11) is 3.09. The molecule has 0 amide bonds. The Balaban J connectivity index is 3.23. The van der Waals surface area contributed by atoms with Gasteiger partial charge in [0.2, 0.25) is 0 Å². The molecule has 3 nitrogen and oxygen atoms in total. The van der Waals surface area contributed by atoms with Crippen molar-refractivity contribution >= 4 is 5.78 Å². The fourth-order valence-electron chi connectivity index (χ4n) is 1.39. The number of hydrogen-bond donors (Lipinski definition) is 0. The number of ketones is 1. The monoisotopic (exact) mass is 208 g/mol. The van der Waals surface area contributed by atoms with Crippen molar-refractivity contribution in [2.24, 2.45) is 5.92 Å². The third-order valence-corrected chi connectivity index (χ3v) is 2.19. The van der Waals surface area contributed by atoms with Gasteiger partial charge in [-0.25, -0.2) is 0 Å². The van der Waals surface area contributed by atoms with Crippen molar-refractivity contribution in [3.63, 3.8) is 0 Å². The summed E-state index contributed by atoms with van der Waals surface area (Å²) in [5, 5.41) is 0. The molecule has 0 heterocycles. The molecule has 0 aromatic heterocycles. The summed E-state index contributed by atoms with van der Waals surface area (Å²) in [4.78, 5) is 11.9. The van der Waals surface area contributed by atoms with Crippen LogP contribution in [0.3, 0.4) is 0 Å². The Bertz CT molecular complexity index is 356. The average molecular weight is 208 g/mol. The number of benzene rings is 1. The minimum atomic E-state index is -0.0500. The number of methoxy groups -OCH3 is 2. The smallest absolute Gasteiger partial charge is 0.171 e. The highest BCUT2D eigenvalue weighted by molar-refractivity contribution is 6.00. The van der Waals surface area contributed by atoms with E-state index in [1.807, 2.05) is 13.8 Å². The molecule has 1 rings (SSSR count). The number of Topliss-reactive ketones (excluding diaryl/α,β-unsaturated/α-hetero) is 1. The number of rotatable bonds is 4. The van der Waals surface area contributed by atoms with E-state index in [-0.39, 0.29) is 11.7 Å². The number of carbonyl (C=O) groups is 1. The summed E-state index contributed by atoms with van der Waals surface area (Å²) in [6.45, 7) is 3.72. The second-order valence-electron chi connectivity index (χ2n) is 3.56. The van der Waals surface area contributed by atoms with E-state index in [0.717, 1.165) is 0 Å². The van der Waals surface area contributed by atoms with Crippen LogP contribution in [0.2, 0.25) is 0 Å². The van der Waals surface area contributed by atoms with Gasteiger partial charge in [-0.05, 0) is 12.1 Å². The first-order valence-corrected chi connectivity index (χ1v) is 4.87. The van der Waals surface area contributed by atoms with Gasteiger partial charge in [-0.2, -0.15) is 0 Å². The van der Waals surface area contributed by atoms with Crippen LogP contribution in [0.15, 0.2) is 18.2 Å². The number of ether oxygens (including phenoxy) is 2. The average Bonchev–Trinajstić information content (AvgIpc) is 2.26. The molecule has 0 bridgehead atoms. The van der Waals surface area contributed by atoms with Crippen LogP contribution >= 0.6 is 0 Å². The SMILES string of the molecule is COc1cccc(C(=O)C(C)C)c1OC. The fraction of sp³-hybridized carbons (Fsp3) is 0.417. The van der Waals surface area contributed by atoms with Gasteiger partial charge in [0.15, 0.2) is 17.3 Å². The quantitative estimate of drug-likeness (QED) is 0.713. The summed E-state index contributed by atoms with van der Waals surface area (Å²) >= 11 is 0. The molecule has 0 aliphatic rings. The first-order valence-electron chi connectivity index (χ1n) is 4.87. The Morgan fingerprint density at radius 1 is 1.20 bits per heavy atom. The Morgan fingerprint density at radius 2 is 1.87 bits per heavy atom. The highest BCUT2D eigenvalue weighted by Crippen LogP contribution is 2.31. The third-order valence-electron chi connectivity index (χ3n) is 2.19. The van der Waals surface area contributed by atoms with Crippen molar-refractivity contribution in [2.45, 2.75) is 13.8 Å². The number of carbonyl (C=O) groups excluding carboxylic acids is 1. The summed E-state index contributed by atoms with van der Waals surface area (Å²) in [5.41, 5.74) is 0.576. The van der Waals surface area contributed by atoms with Crippen molar-refractivity contribution in [2.75, 3.05) is 14.2 Å². The van der Waals surface area contributed by atoms with Crippen molar-refractivity contribution in [3.05, 3.63) is 23.8 Å². The predicted octanol–water partition coefficient (Wildman–Crippen LogP) is 2.54. The van der Waals surface area contributed by atoms with Gasteiger partial charge in [-0.15, -0.1) is 0 Å². The van der Waals surface area contributed by atoms with E-state index >= 15 is 0 Å². The van der Waals surface area contributed by atoms with Crippen LogP contribution < -0.4 is 9.47 Å². The standard InChI is InChI=1S/C12H16O3/c1-8(2)11(13)9-6-5-7-10(14-3)12(9)15-4/h5-8H,1-4H3. The van der Waals surface area contributed by atoms with Gasteiger partial charge in [0.25, 0.3) is 0 Å². The van der Waals surface area contributed by atoms with E-state index in [9.17, 15) is 4.79 Å². The molecule has 15 heavy (non-hydrogen) atoms. The Kier molecular flexibility index (Phi) is 3.72. The topological polar surface area (TPSA) is 35.5 Å². The van der Waals surface area contributed by atoms with E-state index in [1.165, 1.54) is 7.11 Å². The molecule has 0 aliphatic carbocycles. The van der Waals surface area contributed by atoms with E-state index in [2.05, 4.69) is 0 Å². The Hall–Kier alpha value is -1.51. The lowest BCUT2D eigenvalue weighted by atomic mass is 10.00. The molecule has 0 unspecified atom stereocenters. The minimum Gasteiger partial charge on any atom is -0.493 e. The summed E-state index contributed by atoms with van der Waals surface area (Å²) in [6, 6.07) is 5.32. The molecule has 3 heteroatoms. The van der Waals surface area contributed by atoms with Crippen molar-refractivity contribution in [3.8, 4) is 11.5 Å².